The Morgan fingerprint density at radius 1 is 1.10 bits per heavy atom. The average molecular weight is 577 g/mol. The number of likely N-dealkylation sites (tertiary alicyclic amines) is 2. The molecule has 6 rings (SSSR count). The lowest BCUT2D eigenvalue weighted by molar-refractivity contribution is -0.139. The van der Waals surface area contributed by atoms with Gasteiger partial charge in [-0.05, 0) is 29.5 Å². The number of imidazole rings is 1. The van der Waals surface area contributed by atoms with Gasteiger partial charge in [0.2, 0.25) is 23.5 Å². The van der Waals surface area contributed by atoms with Gasteiger partial charge in [-0.2, -0.15) is 0 Å². The lowest BCUT2D eigenvalue weighted by Crippen LogP contribution is -2.54. The van der Waals surface area contributed by atoms with Crippen LogP contribution in [0.1, 0.15) is 15.9 Å². The molecule has 3 unspecified atom stereocenters. The van der Waals surface area contributed by atoms with Crippen LogP contribution in [0.5, 0.6) is 0 Å². The first-order chi connectivity index (χ1) is 19.8. The second-order valence-corrected chi connectivity index (χ2v) is 11.0. The van der Waals surface area contributed by atoms with Gasteiger partial charge >= 0.3 is 0 Å². The van der Waals surface area contributed by atoms with E-state index < -0.39 is 5.92 Å². The van der Waals surface area contributed by atoms with E-state index in [9.17, 15) is 19.2 Å². The van der Waals surface area contributed by atoms with Gasteiger partial charge in [0, 0.05) is 80.1 Å². The van der Waals surface area contributed by atoms with Crippen molar-refractivity contribution < 1.29 is 19.2 Å². The fourth-order valence-electron chi connectivity index (χ4n) is 6.00. The molecule has 0 bridgehead atoms. The first-order valence-electron chi connectivity index (χ1n) is 13.4. The van der Waals surface area contributed by atoms with Crippen LogP contribution in [-0.4, -0.2) is 92.6 Å². The molecule has 0 radical (unpaired) electrons. The molecule has 3 atom stereocenters. The summed E-state index contributed by atoms with van der Waals surface area (Å²) in [6, 6.07) is 5.48. The summed E-state index contributed by atoms with van der Waals surface area (Å²) >= 11 is 6.11. The zero-order valence-electron chi connectivity index (χ0n) is 22.3. The molecule has 2 aliphatic heterocycles. The van der Waals surface area contributed by atoms with Gasteiger partial charge in [0.15, 0.2) is 0 Å². The number of benzene rings is 1. The summed E-state index contributed by atoms with van der Waals surface area (Å²) in [5, 5.41) is 6.73. The van der Waals surface area contributed by atoms with Crippen LogP contribution >= 0.6 is 11.6 Å². The maximum Gasteiger partial charge on any atom is 0.256 e. The molecule has 12 nitrogen and oxygen atoms in total. The number of likely N-dealkylation sites (N-methyl/N-ethyl adjacent to an activating group) is 1. The summed E-state index contributed by atoms with van der Waals surface area (Å²) in [5.74, 6) is -1.26. The summed E-state index contributed by atoms with van der Waals surface area (Å²) in [6.07, 6.45) is 8.49. The Hall–Kier alpha value is -4.45. The molecule has 212 valence electrons. The number of aromatic nitrogens is 4. The third kappa shape index (κ3) is 5.22. The Kier molecular flexibility index (Phi) is 7.08. The number of H-pyrrole nitrogens is 1. The molecule has 13 heteroatoms. The smallest absolute Gasteiger partial charge is 0.256 e. The van der Waals surface area contributed by atoms with E-state index >= 15 is 0 Å². The van der Waals surface area contributed by atoms with E-state index in [-0.39, 0.29) is 55.0 Å². The highest BCUT2D eigenvalue weighted by molar-refractivity contribution is 6.31. The third-order valence-corrected chi connectivity index (χ3v) is 8.36. The van der Waals surface area contributed by atoms with Crippen molar-refractivity contribution in [3.63, 3.8) is 0 Å². The quantitative estimate of drug-likeness (QED) is 0.314. The normalized spacial score (nSPS) is 20.3. The largest absolute Gasteiger partial charge is 0.361 e. The van der Waals surface area contributed by atoms with Crippen molar-refractivity contribution in [1.82, 2.24) is 39.8 Å². The number of amides is 4. The predicted molar refractivity (Wildman–Crippen MR) is 150 cm³/mol. The van der Waals surface area contributed by atoms with Gasteiger partial charge in [-0.1, -0.05) is 17.7 Å². The molecular formula is C28H29ClN8O4. The van der Waals surface area contributed by atoms with E-state index in [1.165, 1.54) is 13.2 Å². The molecular weight excluding hydrogens is 548 g/mol. The van der Waals surface area contributed by atoms with Crippen molar-refractivity contribution in [3.05, 3.63) is 65.3 Å². The molecule has 0 saturated carbocycles. The summed E-state index contributed by atoms with van der Waals surface area (Å²) in [4.78, 5) is 67.2. The van der Waals surface area contributed by atoms with Crippen LogP contribution in [0.2, 0.25) is 5.02 Å². The second kappa shape index (κ2) is 10.8. The van der Waals surface area contributed by atoms with Crippen LogP contribution in [0.3, 0.4) is 0 Å². The summed E-state index contributed by atoms with van der Waals surface area (Å²) in [5.41, 5.74) is 2.11. The Morgan fingerprint density at radius 2 is 1.93 bits per heavy atom. The number of fused-ring (bicyclic) bond motifs is 3. The zero-order chi connectivity index (χ0) is 28.7. The van der Waals surface area contributed by atoms with Crippen LogP contribution in [0.4, 0.5) is 0 Å². The van der Waals surface area contributed by atoms with E-state index in [4.69, 9.17) is 11.6 Å². The van der Waals surface area contributed by atoms with Crippen molar-refractivity contribution >= 4 is 51.9 Å². The molecule has 1 aromatic carbocycles. The Morgan fingerprint density at radius 3 is 2.76 bits per heavy atom. The number of rotatable bonds is 6. The van der Waals surface area contributed by atoms with E-state index in [0.717, 1.165) is 16.5 Å². The van der Waals surface area contributed by atoms with Gasteiger partial charge in [0.05, 0.1) is 24.4 Å². The molecule has 0 aliphatic carbocycles. The number of carbonyl (C=O) groups is 4. The summed E-state index contributed by atoms with van der Waals surface area (Å²) in [7, 11) is 1.50. The van der Waals surface area contributed by atoms with Crippen molar-refractivity contribution in [2.45, 2.75) is 6.42 Å². The number of nitrogens with zero attached hydrogens (tertiary/aromatic N) is 5. The molecule has 0 spiro atoms. The number of halogens is 1. The van der Waals surface area contributed by atoms with Crippen molar-refractivity contribution in [2.75, 3.05) is 39.8 Å². The zero-order valence-corrected chi connectivity index (χ0v) is 23.1. The van der Waals surface area contributed by atoms with Gasteiger partial charge in [-0.15, -0.1) is 0 Å². The lowest BCUT2D eigenvalue weighted by atomic mass is 9.79. The monoisotopic (exact) mass is 576 g/mol. The van der Waals surface area contributed by atoms with E-state index in [2.05, 4.69) is 25.6 Å². The molecule has 3 aromatic heterocycles. The first kappa shape index (κ1) is 26.8. The number of aromatic amines is 1. The molecule has 4 amide bonds. The number of hydrogen-bond donors (Lipinski definition) is 3. The summed E-state index contributed by atoms with van der Waals surface area (Å²) in [6.45, 7) is 1.25. The molecule has 4 aromatic rings. The fraction of sp³-hybridized carbons (Fsp3) is 0.357. The first-order valence-corrected chi connectivity index (χ1v) is 13.8. The number of carbonyl (C=O) groups excluding carboxylic acids is 4. The second-order valence-electron chi connectivity index (χ2n) is 10.6. The highest BCUT2D eigenvalue weighted by Gasteiger charge is 2.47. The average Bonchev–Trinajstić information content (AvgIpc) is 3.72. The topological polar surface area (TPSA) is 145 Å². The minimum Gasteiger partial charge on any atom is -0.361 e. The molecule has 3 N–H and O–H groups in total. The van der Waals surface area contributed by atoms with Crippen LogP contribution in [0.15, 0.2) is 49.2 Å². The minimum absolute atomic E-state index is 0.0980. The SMILES string of the molecule is CNC(=O)CNC(=O)C1CN(C(=O)Cc2c[nH]c3cc(Cl)ccc23)CC2CN(C(=O)c3cnc4nccn4c3)CC21. The van der Waals surface area contributed by atoms with E-state index in [0.29, 0.717) is 36.0 Å². The molecule has 41 heavy (non-hydrogen) atoms. The molecule has 2 fully saturated rings. The van der Waals surface area contributed by atoms with Crippen LogP contribution in [0.25, 0.3) is 16.7 Å². The Balaban J connectivity index is 1.22. The molecule has 2 saturated heterocycles. The van der Waals surface area contributed by atoms with Gasteiger partial charge in [-0.3, -0.25) is 23.6 Å². The highest BCUT2D eigenvalue weighted by atomic mass is 35.5. The summed E-state index contributed by atoms with van der Waals surface area (Å²) < 4.78 is 1.68. The standard InChI is InChI=1S/C28H29ClN8O4/c1-30-24(38)10-33-26(40)22-15-36(25(39)6-16-8-32-23-7-19(29)2-3-20(16)23)12-18-13-37(14-21(18)22)27(41)17-9-34-28-31-4-5-35(28)11-17/h2-5,7-9,11,18,21-22,32H,6,10,12-15H2,1H3,(H,30,38)(H,33,40). The van der Waals surface area contributed by atoms with Crippen LogP contribution in [-0.2, 0) is 20.8 Å². The Bertz CT molecular complexity index is 1670. The third-order valence-electron chi connectivity index (χ3n) is 8.12. The van der Waals surface area contributed by atoms with Gasteiger partial charge in [0.1, 0.15) is 0 Å². The lowest BCUT2D eigenvalue weighted by Gasteiger charge is -2.39. The van der Waals surface area contributed by atoms with Crippen molar-refractivity contribution in [1.29, 1.82) is 0 Å². The van der Waals surface area contributed by atoms with Gasteiger partial charge < -0.3 is 25.4 Å². The maximum absolute atomic E-state index is 13.6. The number of nitrogens with one attached hydrogen (secondary N) is 3. The maximum atomic E-state index is 13.6. The Labute approximate surface area is 240 Å². The fourth-order valence-corrected chi connectivity index (χ4v) is 6.17. The van der Waals surface area contributed by atoms with Gasteiger partial charge in [-0.25, -0.2) is 9.97 Å². The van der Waals surface area contributed by atoms with Crippen LogP contribution in [0, 0.1) is 17.8 Å². The molecule has 5 heterocycles. The van der Waals surface area contributed by atoms with Crippen molar-refractivity contribution in [2.24, 2.45) is 17.8 Å². The van der Waals surface area contributed by atoms with E-state index in [1.807, 2.05) is 12.1 Å². The predicted octanol–water partition coefficient (Wildman–Crippen LogP) is 1.12. The number of piperidine rings is 1. The number of hydrogen-bond acceptors (Lipinski definition) is 6. The van der Waals surface area contributed by atoms with Gasteiger partial charge in [0.25, 0.3) is 5.91 Å². The highest BCUT2D eigenvalue weighted by Crippen LogP contribution is 2.36. The minimum atomic E-state index is -0.573. The molecule has 2 aliphatic rings. The van der Waals surface area contributed by atoms with Crippen LogP contribution < -0.4 is 10.6 Å². The van der Waals surface area contributed by atoms with Crippen molar-refractivity contribution in [3.8, 4) is 0 Å². The van der Waals surface area contributed by atoms with E-state index in [1.54, 1.807) is 45.1 Å².